The highest BCUT2D eigenvalue weighted by molar-refractivity contribution is 7.53. The molecule has 0 aliphatic rings. The van der Waals surface area contributed by atoms with Gasteiger partial charge in [0.25, 0.3) is 0 Å². The van der Waals surface area contributed by atoms with Crippen molar-refractivity contribution in [3.05, 3.63) is 0 Å². The predicted octanol–water partition coefficient (Wildman–Crippen LogP) is 2.90. The molecule has 0 saturated heterocycles. The number of aliphatic carboxylic acids is 1. The van der Waals surface area contributed by atoms with Crippen molar-refractivity contribution in [1.29, 1.82) is 0 Å². The summed E-state index contributed by atoms with van der Waals surface area (Å²) in [6.45, 7) is 4.60. The molecule has 0 aromatic rings. The summed E-state index contributed by atoms with van der Waals surface area (Å²) in [6, 6.07) is 0. The van der Waals surface area contributed by atoms with Crippen LogP contribution in [0.2, 0.25) is 0 Å². The van der Waals surface area contributed by atoms with Crippen LogP contribution in [0.4, 0.5) is 0 Å². The lowest BCUT2D eigenvalue weighted by Gasteiger charge is -2.17. The Balaban J connectivity index is 4.07. The van der Waals surface area contributed by atoms with E-state index in [1.807, 2.05) is 13.8 Å². The van der Waals surface area contributed by atoms with Crippen molar-refractivity contribution in [2.45, 2.75) is 39.5 Å². The number of carboxylic acids is 1. The van der Waals surface area contributed by atoms with Crippen molar-refractivity contribution in [3.63, 3.8) is 0 Å². The molecule has 0 rings (SSSR count). The summed E-state index contributed by atoms with van der Waals surface area (Å²) in [5.41, 5.74) is 0. The Morgan fingerprint density at radius 3 is 2.06 bits per heavy atom. The number of carbonyl (C=O) groups is 1. The van der Waals surface area contributed by atoms with Crippen LogP contribution in [0.15, 0.2) is 0 Å². The van der Waals surface area contributed by atoms with Crippen LogP contribution in [0.25, 0.3) is 0 Å². The smallest absolute Gasteiger partial charge is 0.330 e. The Labute approximate surface area is 96.7 Å². The van der Waals surface area contributed by atoms with E-state index in [2.05, 4.69) is 0 Å². The molecule has 0 unspecified atom stereocenters. The maximum absolute atomic E-state index is 12.1. The summed E-state index contributed by atoms with van der Waals surface area (Å²) in [4.78, 5) is 10.3. The van der Waals surface area contributed by atoms with Crippen molar-refractivity contribution in [2.24, 2.45) is 0 Å². The average molecular weight is 252 g/mol. The molecule has 0 bridgehead atoms. The van der Waals surface area contributed by atoms with Crippen LogP contribution in [-0.2, 0) is 18.4 Å². The molecule has 0 amide bonds. The van der Waals surface area contributed by atoms with E-state index in [-0.39, 0.29) is 12.6 Å². The minimum absolute atomic E-state index is 0.00500. The molecule has 0 fully saturated rings. The molecule has 0 aliphatic carbocycles. The molecule has 0 saturated carbocycles. The third-order valence-electron chi connectivity index (χ3n) is 1.81. The Morgan fingerprint density at radius 1 is 1.19 bits per heavy atom. The molecule has 5 nitrogen and oxygen atoms in total. The van der Waals surface area contributed by atoms with Crippen LogP contribution in [-0.4, -0.2) is 30.5 Å². The molecule has 0 heterocycles. The minimum Gasteiger partial charge on any atom is -0.481 e. The molecule has 1 N–H and O–H groups in total. The quantitative estimate of drug-likeness (QED) is 0.605. The molecule has 0 radical (unpaired) electrons. The van der Waals surface area contributed by atoms with Crippen LogP contribution in [0.1, 0.15) is 39.5 Å². The molecule has 0 atom stereocenters. The fourth-order valence-electron chi connectivity index (χ4n) is 1.05. The van der Waals surface area contributed by atoms with Crippen molar-refractivity contribution < 1.29 is 23.5 Å². The zero-order valence-electron chi connectivity index (χ0n) is 9.98. The Kier molecular flexibility index (Phi) is 8.53. The van der Waals surface area contributed by atoms with E-state index in [4.69, 9.17) is 14.2 Å². The van der Waals surface area contributed by atoms with E-state index >= 15 is 0 Å². The van der Waals surface area contributed by atoms with E-state index in [1.54, 1.807) is 0 Å². The first-order valence-electron chi connectivity index (χ1n) is 5.64. The number of hydrogen-bond acceptors (Lipinski definition) is 4. The summed E-state index contributed by atoms with van der Waals surface area (Å²) in [7, 11) is -3.07. The fraction of sp³-hybridized carbons (Fsp3) is 0.900. The highest BCUT2D eigenvalue weighted by Crippen LogP contribution is 2.49. The van der Waals surface area contributed by atoms with Gasteiger partial charge < -0.3 is 14.2 Å². The van der Waals surface area contributed by atoms with Gasteiger partial charge in [0.15, 0.2) is 0 Å². The van der Waals surface area contributed by atoms with Crippen LogP contribution >= 0.6 is 7.60 Å². The first-order valence-corrected chi connectivity index (χ1v) is 7.36. The van der Waals surface area contributed by atoms with Gasteiger partial charge in [-0.3, -0.25) is 9.36 Å². The second-order valence-corrected chi connectivity index (χ2v) is 5.68. The third-order valence-corrected chi connectivity index (χ3v) is 3.82. The van der Waals surface area contributed by atoms with E-state index in [1.165, 1.54) is 0 Å². The van der Waals surface area contributed by atoms with E-state index in [0.29, 0.717) is 19.6 Å². The summed E-state index contributed by atoms with van der Waals surface area (Å²) < 4.78 is 22.5. The second-order valence-electron chi connectivity index (χ2n) is 3.50. The number of carboxylic acid groups (broad SMARTS) is 1. The number of hydrogen-bond donors (Lipinski definition) is 1. The Morgan fingerprint density at radius 2 is 1.69 bits per heavy atom. The lowest BCUT2D eigenvalue weighted by Crippen LogP contribution is -2.04. The maximum Gasteiger partial charge on any atom is 0.330 e. The zero-order valence-corrected chi connectivity index (χ0v) is 10.9. The lowest BCUT2D eigenvalue weighted by atomic mass is 10.3. The van der Waals surface area contributed by atoms with Crippen molar-refractivity contribution in [1.82, 2.24) is 0 Å². The molecule has 0 spiro atoms. The van der Waals surface area contributed by atoms with Gasteiger partial charge in [0, 0.05) is 6.42 Å². The van der Waals surface area contributed by atoms with Gasteiger partial charge in [-0.25, -0.2) is 0 Å². The third kappa shape index (κ3) is 7.85. The van der Waals surface area contributed by atoms with Gasteiger partial charge in [0.05, 0.1) is 19.4 Å². The Bertz CT molecular complexity index is 229. The topological polar surface area (TPSA) is 72.8 Å². The molecule has 16 heavy (non-hydrogen) atoms. The summed E-state index contributed by atoms with van der Waals surface area (Å²) in [5, 5.41) is 8.49. The maximum atomic E-state index is 12.1. The predicted molar refractivity (Wildman–Crippen MR) is 61.8 cm³/mol. The van der Waals surface area contributed by atoms with Crippen molar-refractivity contribution in [3.8, 4) is 0 Å². The van der Waals surface area contributed by atoms with Gasteiger partial charge in [0.1, 0.15) is 0 Å². The molecular weight excluding hydrogens is 231 g/mol. The van der Waals surface area contributed by atoms with Gasteiger partial charge >= 0.3 is 13.6 Å². The van der Waals surface area contributed by atoms with Gasteiger partial charge in [-0.1, -0.05) is 13.8 Å². The Hall–Kier alpha value is -0.380. The molecule has 0 aromatic carbocycles. The van der Waals surface area contributed by atoms with Crippen molar-refractivity contribution in [2.75, 3.05) is 19.4 Å². The first kappa shape index (κ1) is 15.6. The average Bonchev–Trinajstić information content (AvgIpc) is 2.23. The van der Waals surface area contributed by atoms with Crippen LogP contribution in [0.3, 0.4) is 0 Å². The molecular formula is C10H21O5P. The first-order chi connectivity index (χ1) is 7.54. The van der Waals surface area contributed by atoms with Crippen molar-refractivity contribution >= 4 is 13.6 Å². The summed E-state index contributed by atoms with van der Waals surface area (Å²) >= 11 is 0. The van der Waals surface area contributed by atoms with E-state index in [0.717, 1.165) is 12.8 Å². The molecule has 96 valence electrons. The zero-order chi connectivity index (χ0) is 12.4. The fourth-order valence-corrected chi connectivity index (χ4v) is 2.85. The van der Waals surface area contributed by atoms with E-state index < -0.39 is 13.6 Å². The molecule has 6 heteroatoms. The van der Waals surface area contributed by atoms with Gasteiger partial charge in [0.2, 0.25) is 0 Å². The standard InChI is InChI=1S/C10H21O5P/c1-3-7-14-16(13,15-8-4-2)9-5-6-10(11)12/h3-9H2,1-2H3,(H,11,12). The highest BCUT2D eigenvalue weighted by Gasteiger charge is 2.23. The van der Waals surface area contributed by atoms with Crippen LogP contribution in [0.5, 0.6) is 0 Å². The summed E-state index contributed by atoms with van der Waals surface area (Å²) in [5.74, 6) is -0.891. The monoisotopic (exact) mass is 252 g/mol. The minimum atomic E-state index is -3.07. The molecule has 0 aliphatic heterocycles. The SMILES string of the molecule is CCCOP(=O)(CCCC(=O)O)OCCC. The normalized spacial score (nSPS) is 11.6. The van der Waals surface area contributed by atoms with Crippen LogP contribution < -0.4 is 0 Å². The van der Waals surface area contributed by atoms with Gasteiger partial charge in [-0.15, -0.1) is 0 Å². The number of rotatable bonds is 10. The highest BCUT2D eigenvalue weighted by atomic mass is 31.2. The second kappa shape index (κ2) is 8.74. The summed E-state index contributed by atoms with van der Waals surface area (Å²) in [6.07, 6.45) is 2.02. The van der Waals surface area contributed by atoms with Gasteiger partial charge in [-0.05, 0) is 19.3 Å². The molecule has 0 aromatic heterocycles. The van der Waals surface area contributed by atoms with Crippen LogP contribution in [0, 0.1) is 0 Å². The van der Waals surface area contributed by atoms with Gasteiger partial charge in [-0.2, -0.15) is 0 Å². The van der Waals surface area contributed by atoms with E-state index in [9.17, 15) is 9.36 Å². The largest absolute Gasteiger partial charge is 0.481 e. The lowest BCUT2D eigenvalue weighted by molar-refractivity contribution is -0.137.